The summed E-state index contributed by atoms with van der Waals surface area (Å²) >= 11 is 0. The van der Waals surface area contributed by atoms with E-state index in [1.165, 1.54) is 10.6 Å². The van der Waals surface area contributed by atoms with E-state index in [9.17, 15) is 4.79 Å². The van der Waals surface area contributed by atoms with Gasteiger partial charge in [0.15, 0.2) is 5.78 Å². The monoisotopic (exact) mass is 304 g/mol. The van der Waals surface area contributed by atoms with Gasteiger partial charge in [0.05, 0.1) is 0 Å². The molecule has 2 heteroatoms. The van der Waals surface area contributed by atoms with Crippen molar-refractivity contribution in [3.8, 4) is 0 Å². The van der Waals surface area contributed by atoms with Crippen LogP contribution in [0.25, 0.3) is 0 Å². The first-order valence-electron chi connectivity index (χ1n) is 7.27. The molecule has 3 aromatic rings. The maximum atomic E-state index is 12.0. The lowest BCUT2D eigenvalue weighted by molar-refractivity contribution is 0.101. The number of hydrogen-bond donors (Lipinski definition) is 0. The maximum absolute atomic E-state index is 12.0. The number of carbonyl (C=O) groups excluding carboxylic acids is 1. The van der Waals surface area contributed by atoms with E-state index in [0.29, 0.717) is 0 Å². The molecule has 0 atom stereocenters. The van der Waals surface area contributed by atoms with Gasteiger partial charge >= 0.3 is 0 Å². The van der Waals surface area contributed by atoms with Crippen LogP contribution in [-0.4, -0.2) is 5.78 Å². The van der Waals surface area contributed by atoms with Crippen molar-refractivity contribution in [1.82, 2.24) is 0 Å². The third-order valence-electron chi connectivity index (χ3n) is 3.55. The Kier molecular flexibility index (Phi) is 4.46. The summed E-state index contributed by atoms with van der Waals surface area (Å²) in [5, 5.41) is 3.65. The van der Waals surface area contributed by atoms with Crippen LogP contribution in [-0.2, 0) is 0 Å². The van der Waals surface area contributed by atoms with Gasteiger partial charge in [-0.05, 0) is 30.8 Å². The zero-order valence-electron chi connectivity index (χ0n) is 12.4. The van der Waals surface area contributed by atoms with Crippen molar-refractivity contribution in [1.29, 1.82) is 0 Å². The number of Topliss-reactive ketones (excluding diaryl/α,β-unsaturated/α-hetero) is 1. The first kappa shape index (κ1) is 14.7. The highest BCUT2D eigenvalue weighted by Gasteiger charge is 2.20. The molecule has 0 aliphatic rings. The number of benzene rings is 3. The highest BCUT2D eigenvalue weighted by molar-refractivity contribution is 7.80. The first-order chi connectivity index (χ1) is 10.8. The lowest BCUT2D eigenvalue weighted by Gasteiger charge is -2.21. The van der Waals surface area contributed by atoms with E-state index in [4.69, 9.17) is 0 Å². The summed E-state index contributed by atoms with van der Waals surface area (Å²) in [6, 6.07) is 28.9. The van der Waals surface area contributed by atoms with Gasteiger partial charge < -0.3 is 0 Å². The number of carbonyl (C=O) groups is 1. The molecule has 0 amide bonds. The summed E-state index contributed by atoms with van der Waals surface area (Å²) in [5.74, 6) is 0.120. The van der Waals surface area contributed by atoms with Crippen LogP contribution in [0.2, 0.25) is 0 Å². The molecule has 0 aliphatic carbocycles. The Morgan fingerprint density at radius 3 is 1.64 bits per heavy atom. The van der Waals surface area contributed by atoms with Gasteiger partial charge in [-0.15, -0.1) is 0 Å². The fourth-order valence-electron chi connectivity index (χ4n) is 2.55. The molecular formula is C20H17OP. The van der Waals surface area contributed by atoms with Gasteiger partial charge in [0.1, 0.15) is 0 Å². The Morgan fingerprint density at radius 1 is 0.682 bits per heavy atom. The summed E-state index contributed by atoms with van der Waals surface area (Å²) in [6.07, 6.45) is 0. The van der Waals surface area contributed by atoms with Crippen molar-refractivity contribution in [2.45, 2.75) is 6.92 Å². The van der Waals surface area contributed by atoms with E-state index in [0.717, 1.165) is 10.9 Å². The quantitative estimate of drug-likeness (QED) is 0.531. The summed E-state index contributed by atoms with van der Waals surface area (Å²) < 4.78 is 0. The SMILES string of the molecule is CC(=O)c1ccccc1P(c1ccccc1)c1ccccc1. The minimum Gasteiger partial charge on any atom is -0.294 e. The van der Waals surface area contributed by atoms with Crippen molar-refractivity contribution < 1.29 is 4.79 Å². The molecule has 22 heavy (non-hydrogen) atoms. The smallest absolute Gasteiger partial charge is 0.160 e. The highest BCUT2D eigenvalue weighted by atomic mass is 31.1. The molecule has 0 unspecified atom stereocenters. The molecule has 0 bridgehead atoms. The van der Waals surface area contributed by atoms with Crippen LogP contribution in [0.1, 0.15) is 17.3 Å². The standard InChI is InChI=1S/C20H17OP/c1-16(21)19-14-8-9-15-20(19)22(17-10-4-2-5-11-17)18-12-6-3-7-13-18/h2-15H,1H3. The molecule has 0 spiro atoms. The van der Waals surface area contributed by atoms with Crippen LogP contribution in [0, 0.1) is 0 Å². The van der Waals surface area contributed by atoms with E-state index in [2.05, 4.69) is 54.6 Å². The molecule has 0 saturated heterocycles. The fraction of sp³-hybridized carbons (Fsp3) is 0.0500. The lowest BCUT2D eigenvalue weighted by atomic mass is 10.1. The molecule has 0 N–H and O–H groups in total. The molecule has 0 aliphatic heterocycles. The Balaban J connectivity index is 2.21. The lowest BCUT2D eigenvalue weighted by Crippen LogP contribution is -2.24. The maximum Gasteiger partial charge on any atom is 0.160 e. The molecule has 3 aromatic carbocycles. The average molecular weight is 304 g/mol. The Hall–Kier alpha value is -2.24. The van der Waals surface area contributed by atoms with E-state index < -0.39 is 7.92 Å². The minimum atomic E-state index is -0.720. The van der Waals surface area contributed by atoms with E-state index >= 15 is 0 Å². The second-order valence-corrected chi connectivity index (χ2v) is 7.27. The summed E-state index contributed by atoms with van der Waals surface area (Å²) in [7, 11) is -0.720. The van der Waals surface area contributed by atoms with Gasteiger partial charge in [-0.3, -0.25) is 4.79 Å². The molecule has 3 rings (SSSR count). The largest absolute Gasteiger partial charge is 0.294 e. The predicted molar refractivity (Wildman–Crippen MR) is 95.2 cm³/mol. The van der Waals surface area contributed by atoms with E-state index in [-0.39, 0.29) is 5.78 Å². The first-order valence-corrected chi connectivity index (χ1v) is 8.62. The van der Waals surface area contributed by atoms with Gasteiger partial charge in [-0.2, -0.15) is 0 Å². The molecule has 0 saturated carbocycles. The van der Waals surface area contributed by atoms with Crippen LogP contribution in [0.15, 0.2) is 84.9 Å². The Bertz CT molecular complexity index is 726. The summed E-state index contributed by atoms with van der Waals surface area (Å²) in [5.41, 5.74) is 0.821. The highest BCUT2D eigenvalue weighted by Crippen LogP contribution is 2.33. The second kappa shape index (κ2) is 6.68. The molecule has 1 nitrogen and oxygen atoms in total. The van der Waals surface area contributed by atoms with Gasteiger partial charge in [0.25, 0.3) is 0 Å². The summed E-state index contributed by atoms with van der Waals surface area (Å²) in [4.78, 5) is 12.0. The molecule has 0 radical (unpaired) electrons. The Morgan fingerprint density at radius 2 is 1.14 bits per heavy atom. The topological polar surface area (TPSA) is 17.1 Å². The zero-order chi connectivity index (χ0) is 15.4. The molecular weight excluding hydrogens is 287 g/mol. The fourth-order valence-corrected chi connectivity index (χ4v) is 5.05. The number of ketones is 1. The van der Waals surface area contributed by atoms with Crippen molar-refractivity contribution in [2.75, 3.05) is 0 Å². The third-order valence-corrected chi connectivity index (χ3v) is 6.05. The van der Waals surface area contributed by atoms with E-state index in [1.54, 1.807) is 6.92 Å². The van der Waals surface area contributed by atoms with Gasteiger partial charge in [0, 0.05) is 5.56 Å². The Labute approximate surface area is 132 Å². The molecule has 0 fully saturated rings. The second-order valence-electron chi connectivity index (χ2n) is 5.08. The van der Waals surface area contributed by atoms with Crippen molar-refractivity contribution in [3.63, 3.8) is 0 Å². The number of rotatable bonds is 4. The number of hydrogen-bond acceptors (Lipinski definition) is 1. The van der Waals surface area contributed by atoms with Crippen LogP contribution in [0.4, 0.5) is 0 Å². The van der Waals surface area contributed by atoms with Gasteiger partial charge in [-0.25, -0.2) is 0 Å². The van der Waals surface area contributed by atoms with Crippen LogP contribution >= 0.6 is 7.92 Å². The molecule has 108 valence electrons. The molecule has 0 aromatic heterocycles. The zero-order valence-corrected chi connectivity index (χ0v) is 13.3. The average Bonchev–Trinajstić information content (AvgIpc) is 2.57. The van der Waals surface area contributed by atoms with Crippen LogP contribution in [0.5, 0.6) is 0 Å². The van der Waals surface area contributed by atoms with Gasteiger partial charge in [0.2, 0.25) is 0 Å². The van der Waals surface area contributed by atoms with Crippen molar-refractivity contribution in [3.05, 3.63) is 90.5 Å². The van der Waals surface area contributed by atoms with Gasteiger partial charge in [-0.1, -0.05) is 84.9 Å². The normalized spacial score (nSPS) is 10.6. The van der Waals surface area contributed by atoms with E-state index in [1.807, 2.05) is 30.3 Å². The third kappa shape index (κ3) is 3.00. The minimum absolute atomic E-state index is 0.120. The van der Waals surface area contributed by atoms with Crippen molar-refractivity contribution in [2.24, 2.45) is 0 Å². The van der Waals surface area contributed by atoms with Crippen LogP contribution in [0.3, 0.4) is 0 Å². The molecule has 0 heterocycles. The van der Waals surface area contributed by atoms with Crippen LogP contribution < -0.4 is 15.9 Å². The summed E-state index contributed by atoms with van der Waals surface area (Å²) in [6.45, 7) is 1.64. The predicted octanol–water partition coefficient (Wildman–Crippen LogP) is 3.65. The van der Waals surface area contributed by atoms with Crippen molar-refractivity contribution >= 4 is 29.6 Å².